The van der Waals surface area contributed by atoms with Crippen LogP contribution in [-0.2, 0) is 17.1 Å². The fraction of sp³-hybridized carbons (Fsp3) is 0.250. The topological polar surface area (TPSA) is 73.2 Å². The lowest BCUT2D eigenvalue weighted by molar-refractivity contribution is 0.340. The average molecular weight is 316 g/mol. The van der Waals surface area contributed by atoms with E-state index in [0.29, 0.717) is 18.0 Å². The molecule has 1 heterocycles. The van der Waals surface area contributed by atoms with Gasteiger partial charge in [-0.15, -0.1) is 0 Å². The van der Waals surface area contributed by atoms with Gasteiger partial charge in [-0.05, 0) is 31.2 Å². The largest absolute Gasteiger partial charge is 0.494 e. The summed E-state index contributed by atoms with van der Waals surface area (Å²) in [6.07, 6.45) is 1.34. The SMILES string of the molecule is CCOc1ccc(NS(=O)(=O)c2ncn(C)c2Cl)cc1. The Kier molecular flexibility index (Phi) is 4.20. The van der Waals surface area contributed by atoms with E-state index in [1.807, 2.05) is 6.92 Å². The first-order valence-electron chi connectivity index (χ1n) is 5.86. The number of halogens is 1. The van der Waals surface area contributed by atoms with Crippen molar-refractivity contribution in [2.45, 2.75) is 11.9 Å². The lowest BCUT2D eigenvalue weighted by Crippen LogP contribution is -2.14. The van der Waals surface area contributed by atoms with E-state index in [1.54, 1.807) is 31.3 Å². The summed E-state index contributed by atoms with van der Waals surface area (Å²) >= 11 is 5.89. The van der Waals surface area contributed by atoms with Gasteiger partial charge in [-0.1, -0.05) is 11.6 Å². The number of hydrogen-bond donors (Lipinski definition) is 1. The number of nitrogens with one attached hydrogen (secondary N) is 1. The Morgan fingerprint density at radius 1 is 1.35 bits per heavy atom. The van der Waals surface area contributed by atoms with Gasteiger partial charge in [-0.25, -0.2) is 4.98 Å². The Hall–Kier alpha value is -1.73. The third kappa shape index (κ3) is 3.05. The molecular formula is C12H14ClN3O3S. The van der Waals surface area contributed by atoms with E-state index in [-0.39, 0.29) is 10.2 Å². The van der Waals surface area contributed by atoms with Crippen LogP contribution in [0.4, 0.5) is 5.69 Å². The molecule has 2 rings (SSSR count). The van der Waals surface area contributed by atoms with E-state index in [4.69, 9.17) is 16.3 Å². The molecule has 0 spiro atoms. The van der Waals surface area contributed by atoms with Crippen molar-refractivity contribution >= 4 is 27.3 Å². The quantitative estimate of drug-likeness (QED) is 0.918. The van der Waals surface area contributed by atoms with Crippen LogP contribution in [0.1, 0.15) is 6.92 Å². The number of rotatable bonds is 5. The van der Waals surface area contributed by atoms with Crippen molar-refractivity contribution < 1.29 is 13.2 Å². The molecule has 8 heteroatoms. The molecule has 1 N–H and O–H groups in total. The van der Waals surface area contributed by atoms with Crippen LogP contribution < -0.4 is 9.46 Å². The number of nitrogens with zero attached hydrogens (tertiary/aromatic N) is 2. The van der Waals surface area contributed by atoms with Crippen molar-refractivity contribution in [2.24, 2.45) is 7.05 Å². The first kappa shape index (κ1) is 14.7. The standard InChI is InChI=1S/C12H14ClN3O3S/c1-3-19-10-6-4-9(5-7-10)15-20(17,18)12-11(13)16(2)8-14-12/h4-8,15H,3H2,1-2H3. The third-order valence-corrected chi connectivity index (χ3v) is 4.38. The monoisotopic (exact) mass is 315 g/mol. The van der Waals surface area contributed by atoms with Crippen molar-refractivity contribution in [1.82, 2.24) is 9.55 Å². The molecule has 0 aliphatic carbocycles. The maximum absolute atomic E-state index is 12.1. The second-order valence-electron chi connectivity index (χ2n) is 4.01. The van der Waals surface area contributed by atoms with Gasteiger partial charge < -0.3 is 9.30 Å². The number of hydrogen-bond acceptors (Lipinski definition) is 4. The lowest BCUT2D eigenvalue weighted by atomic mass is 10.3. The minimum atomic E-state index is -3.80. The van der Waals surface area contributed by atoms with Crippen LogP contribution in [-0.4, -0.2) is 24.6 Å². The van der Waals surface area contributed by atoms with Crippen molar-refractivity contribution in [3.05, 3.63) is 35.7 Å². The fourth-order valence-corrected chi connectivity index (χ4v) is 3.06. The molecule has 0 saturated carbocycles. The van der Waals surface area contributed by atoms with Gasteiger partial charge in [-0.2, -0.15) is 8.42 Å². The van der Waals surface area contributed by atoms with Gasteiger partial charge in [0.15, 0.2) is 0 Å². The van der Waals surface area contributed by atoms with E-state index in [0.717, 1.165) is 0 Å². The molecule has 0 aliphatic rings. The molecule has 0 unspecified atom stereocenters. The van der Waals surface area contributed by atoms with Gasteiger partial charge in [-0.3, -0.25) is 4.72 Å². The highest BCUT2D eigenvalue weighted by Gasteiger charge is 2.22. The smallest absolute Gasteiger partial charge is 0.282 e. The summed E-state index contributed by atoms with van der Waals surface area (Å²) in [5, 5.41) is -0.140. The van der Waals surface area contributed by atoms with Gasteiger partial charge in [0.2, 0.25) is 5.03 Å². The summed E-state index contributed by atoms with van der Waals surface area (Å²) in [6.45, 7) is 2.42. The van der Waals surface area contributed by atoms with Crippen molar-refractivity contribution in [3.8, 4) is 5.75 Å². The molecule has 0 atom stereocenters. The van der Waals surface area contributed by atoms with E-state index in [2.05, 4.69) is 9.71 Å². The number of benzene rings is 1. The Balaban J connectivity index is 2.22. The predicted molar refractivity (Wildman–Crippen MR) is 76.6 cm³/mol. The Morgan fingerprint density at radius 3 is 2.50 bits per heavy atom. The zero-order valence-corrected chi connectivity index (χ0v) is 12.6. The van der Waals surface area contributed by atoms with Gasteiger partial charge in [0.25, 0.3) is 10.0 Å². The minimum absolute atomic E-state index is 0.0587. The molecule has 0 amide bonds. The van der Waals surface area contributed by atoms with Crippen LogP contribution in [0, 0.1) is 0 Å². The lowest BCUT2D eigenvalue weighted by Gasteiger charge is -2.08. The summed E-state index contributed by atoms with van der Waals surface area (Å²) in [5.74, 6) is 0.673. The molecule has 0 bridgehead atoms. The second kappa shape index (κ2) is 5.72. The molecule has 2 aromatic rings. The predicted octanol–water partition coefficient (Wildman–Crippen LogP) is 2.27. The molecule has 0 fully saturated rings. The summed E-state index contributed by atoms with van der Waals surface area (Å²) in [6, 6.07) is 6.58. The molecular weight excluding hydrogens is 302 g/mol. The highest BCUT2D eigenvalue weighted by Crippen LogP contribution is 2.23. The van der Waals surface area contributed by atoms with Crippen LogP contribution in [0.3, 0.4) is 0 Å². The molecule has 20 heavy (non-hydrogen) atoms. The number of sulfonamides is 1. The fourth-order valence-electron chi connectivity index (χ4n) is 1.56. The molecule has 0 radical (unpaired) electrons. The van der Waals surface area contributed by atoms with Crippen LogP contribution in [0.25, 0.3) is 0 Å². The Morgan fingerprint density at radius 2 is 2.00 bits per heavy atom. The molecule has 108 valence electrons. The van der Waals surface area contributed by atoms with Gasteiger partial charge in [0.05, 0.1) is 12.9 Å². The summed E-state index contributed by atoms with van der Waals surface area (Å²) in [4.78, 5) is 3.79. The zero-order valence-electron chi connectivity index (χ0n) is 11.0. The molecule has 1 aromatic carbocycles. The van der Waals surface area contributed by atoms with Gasteiger partial charge >= 0.3 is 0 Å². The average Bonchev–Trinajstić information content (AvgIpc) is 2.73. The molecule has 0 saturated heterocycles. The van der Waals surface area contributed by atoms with E-state index < -0.39 is 10.0 Å². The minimum Gasteiger partial charge on any atom is -0.494 e. The Labute approximate surface area is 122 Å². The van der Waals surface area contributed by atoms with Crippen molar-refractivity contribution in [2.75, 3.05) is 11.3 Å². The van der Waals surface area contributed by atoms with E-state index in [1.165, 1.54) is 10.9 Å². The number of imidazole rings is 1. The molecule has 6 nitrogen and oxygen atoms in total. The van der Waals surface area contributed by atoms with Gasteiger partial charge in [0, 0.05) is 12.7 Å². The highest BCUT2D eigenvalue weighted by molar-refractivity contribution is 7.92. The van der Waals surface area contributed by atoms with Crippen LogP contribution >= 0.6 is 11.6 Å². The first-order valence-corrected chi connectivity index (χ1v) is 7.72. The van der Waals surface area contributed by atoms with Crippen LogP contribution in [0.5, 0.6) is 5.75 Å². The molecule has 1 aromatic heterocycles. The summed E-state index contributed by atoms with van der Waals surface area (Å²) in [7, 11) is -2.19. The summed E-state index contributed by atoms with van der Waals surface area (Å²) < 4.78 is 33.4. The van der Waals surface area contributed by atoms with Crippen molar-refractivity contribution in [1.29, 1.82) is 0 Å². The van der Waals surface area contributed by atoms with Gasteiger partial charge in [0.1, 0.15) is 10.9 Å². The number of aromatic nitrogens is 2. The number of aryl methyl sites for hydroxylation is 1. The normalized spacial score (nSPS) is 11.3. The zero-order chi connectivity index (χ0) is 14.8. The number of ether oxygens (including phenoxy) is 1. The van der Waals surface area contributed by atoms with E-state index in [9.17, 15) is 8.42 Å². The highest BCUT2D eigenvalue weighted by atomic mass is 35.5. The van der Waals surface area contributed by atoms with E-state index >= 15 is 0 Å². The number of anilines is 1. The maximum atomic E-state index is 12.1. The third-order valence-electron chi connectivity index (χ3n) is 2.51. The Bertz CT molecular complexity index is 695. The molecule has 0 aliphatic heterocycles. The second-order valence-corrected chi connectivity index (χ2v) is 5.97. The maximum Gasteiger partial charge on any atom is 0.282 e. The van der Waals surface area contributed by atoms with Crippen LogP contribution in [0.2, 0.25) is 5.15 Å². The summed E-state index contributed by atoms with van der Waals surface area (Å²) in [5.41, 5.74) is 0.412. The van der Waals surface area contributed by atoms with Crippen LogP contribution in [0.15, 0.2) is 35.6 Å². The van der Waals surface area contributed by atoms with Crippen molar-refractivity contribution in [3.63, 3.8) is 0 Å². The first-order chi connectivity index (χ1) is 9.44.